The topological polar surface area (TPSA) is 55.2 Å². The van der Waals surface area contributed by atoms with Crippen LogP contribution in [0.15, 0.2) is 77.6 Å². The summed E-state index contributed by atoms with van der Waals surface area (Å²) in [4.78, 5) is 33.8. The van der Waals surface area contributed by atoms with Crippen molar-refractivity contribution in [1.29, 1.82) is 0 Å². The van der Waals surface area contributed by atoms with E-state index in [4.69, 9.17) is 4.98 Å². The number of rotatable bonds is 7. The minimum Gasteiger partial charge on any atom is -0.329 e. The van der Waals surface area contributed by atoms with E-state index in [1.165, 1.54) is 24.3 Å². The third-order valence-electron chi connectivity index (χ3n) is 6.07. The number of halogens is 1. The largest absolute Gasteiger partial charge is 0.329 e. The lowest BCUT2D eigenvalue weighted by Gasteiger charge is -2.31. The Morgan fingerprint density at radius 1 is 1.00 bits per heavy atom. The minimum absolute atomic E-state index is 0.168. The molecule has 0 N–H and O–H groups in total. The SMILES string of the molecule is CCCN(C(=O)c1ccc(F)cc1)C(C)c1nc2ccccc2c(=O)n1-c1ccccc1CC. The molecule has 0 bridgehead atoms. The molecule has 0 aliphatic heterocycles. The van der Waals surface area contributed by atoms with Crippen LogP contribution in [0.2, 0.25) is 0 Å². The van der Waals surface area contributed by atoms with Gasteiger partial charge in [-0.15, -0.1) is 0 Å². The van der Waals surface area contributed by atoms with Crippen LogP contribution in [0.5, 0.6) is 0 Å². The van der Waals surface area contributed by atoms with E-state index in [0.717, 1.165) is 24.1 Å². The van der Waals surface area contributed by atoms with Crippen molar-refractivity contribution in [2.75, 3.05) is 6.54 Å². The average molecular weight is 458 g/mol. The first-order valence-electron chi connectivity index (χ1n) is 11.6. The standard InChI is InChI=1S/C28H28FN3O2/c1-4-18-31(27(33)21-14-16-22(29)17-15-21)19(3)26-30-24-12-8-7-11-23(24)28(34)32(26)25-13-9-6-10-20(25)5-2/h6-17,19H,4-5,18H2,1-3H3. The van der Waals surface area contributed by atoms with E-state index in [1.807, 2.05) is 63.2 Å². The van der Waals surface area contributed by atoms with Gasteiger partial charge in [-0.25, -0.2) is 9.37 Å². The molecular formula is C28H28FN3O2. The van der Waals surface area contributed by atoms with Crippen LogP contribution in [0.4, 0.5) is 4.39 Å². The third-order valence-corrected chi connectivity index (χ3v) is 6.07. The summed E-state index contributed by atoms with van der Waals surface area (Å²) in [6.45, 7) is 6.39. The zero-order valence-corrected chi connectivity index (χ0v) is 19.7. The first-order chi connectivity index (χ1) is 16.5. The molecule has 4 aromatic rings. The van der Waals surface area contributed by atoms with Gasteiger partial charge >= 0.3 is 0 Å². The molecule has 0 aliphatic rings. The molecule has 1 aromatic heterocycles. The highest BCUT2D eigenvalue weighted by Crippen LogP contribution is 2.26. The van der Waals surface area contributed by atoms with Crippen molar-refractivity contribution < 1.29 is 9.18 Å². The van der Waals surface area contributed by atoms with Gasteiger partial charge in [0.1, 0.15) is 11.6 Å². The van der Waals surface area contributed by atoms with Crippen molar-refractivity contribution in [1.82, 2.24) is 14.5 Å². The second kappa shape index (κ2) is 10.00. The number of carbonyl (C=O) groups is 1. The summed E-state index contributed by atoms with van der Waals surface area (Å²) in [5.41, 5.74) is 2.59. The normalized spacial score (nSPS) is 12.0. The van der Waals surface area contributed by atoms with Gasteiger partial charge in [0, 0.05) is 12.1 Å². The van der Waals surface area contributed by atoms with Gasteiger partial charge in [0.15, 0.2) is 0 Å². The first-order valence-corrected chi connectivity index (χ1v) is 11.6. The first kappa shape index (κ1) is 23.4. The molecule has 6 heteroatoms. The van der Waals surface area contributed by atoms with Crippen molar-refractivity contribution in [3.63, 3.8) is 0 Å². The van der Waals surface area contributed by atoms with Crippen LogP contribution in [-0.4, -0.2) is 26.9 Å². The molecular weight excluding hydrogens is 429 g/mol. The number of amides is 1. The van der Waals surface area contributed by atoms with Gasteiger partial charge in [0.25, 0.3) is 11.5 Å². The maximum absolute atomic E-state index is 13.8. The van der Waals surface area contributed by atoms with Gasteiger partial charge in [-0.2, -0.15) is 0 Å². The molecule has 3 aromatic carbocycles. The number of para-hydroxylation sites is 2. The number of fused-ring (bicyclic) bond motifs is 1. The maximum Gasteiger partial charge on any atom is 0.266 e. The van der Waals surface area contributed by atoms with Gasteiger partial charge in [-0.1, -0.05) is 44.2 Å². The lowest BCUT2D eigenvalue weighted by atomic mass is 10.1. The molecule has 1 heterocycles. The predicted octanol–water partition coefficient (Wildman–Crippen LogP) is 5.70. The van der Waals surface area contributed by atoms with Crippen LogP contribution in [0.25, 0.3) is 16.6 Å². The van der Waals surface area contributed by atoms with Gasteiger partial charge in [-0.05, 0) is 67.8 Å². The predicted molar refractivity (Wildman–Crippen MR) is 133 cm³/mol. The lowest BCUT2D eigenvalue weighted by Crippen LogP contribution is -2.38. The molecule has 0 aliphatic carbocycles. The molecule has 1 unspecified atom stereocenters. The summed E-state index contributed by atoms with van der Waals surface area (Å²) >= 11 is 0. The van der Waals surface area contributed by atoms with Crippen LogP contribution < -0.4 is 5.56 Å². The number of nitrogens with zero attached hydrogens (tertiary/aromatic N) is 3. The Kier molecular flexibility index (Phi) is 6.87. The number of aryl methyl sites for hydroxylation is 1. The van der Waals surface area contributed by atoms with Crippen LogP contribution in [0, 0.1) is 5.82 Å². The van der Waals surface area contributed by atoms with E-state index in [-0.39, 0.29) is 11.5 Å². The number of carbonyl (C=O) groups excluding carboxylic acids is 1. The molecule has 4 rings (SSSR count). The molecule has 1 amide bonds. The molecule has 5 nitrogen and oxygen atoms in total. The maximum atomic E-state index is 13.8. The van der Waals surface area contributed by atoms with Gasteiger partial charge in [0.2, 0.25) is 0 Å². The fourth-order valence-electron chi connectivity index (χ4n) is 4.30. The lowest BCUT2D eigenvalue weighted by molar-refractivity contribution is 0.0681. The minimum atomic E-state index is -0.500. The van der Waals surface area contributed by atoms with E-state index in [1.54, 1.807) is 15.5 Å². The molecule has 174 valence electrons. The molecule has 1 atom stereocenters. The second-order valence-electron chi connectivity index (χ2n) is 8.29. The molecule has 0 spiro atoms. The highest BCUT2D eigenvalue weighted by atomic mass is 19.1. The molecule has 0 saturated carbocycles. The monoisotopic (exact) mass is 457 g/mol. The van der Waals surface area contributed by atoms with Crippen LogP contribution in [-0.2, 0) is 6.42 Å². The summed E-state index contributed by atoms with van der Waals surface area (Å²) in [6.07, 6.45) is 1.47. The summed E-state index contributed by atoms with van der Waals surface area (Å²) in [5.74, 6) is -0.131. The van der Waals surface area contributed by atoms with Gasteiger partial charge < -0.3 is 4.90 Å². The molecule has 34 heavy (non-hydrogen) atoms. The Labute approximate surface area is 198 Å². The van der Waals surface area contributed by atoms with Crippen molar-refractivity contribution in [3.05, 3.63) is 106 Å². The van der Waals surface area contributed by atoms with Crippen LogP contribution >= 0.6 is 0 Å². The number of hydrogen-bond acceptors (Lipinski definition) is 3. The summed E-state index contributed by atoms with van der Waals surface area (Å²) in [7, 11) is 0. The smallest absolute Gasteiger partial charge is 0.266 e. The summed E-state index contributed by atoms with van der Waals surface area (Å²) in [6, 6.07) is 20.1. The molecule has 0 saturated heterocycles. The number of benzene rings is 3. The van der Waals surface area contributed by atoms with E-state index < -0.39 is 11.9 Å². The second-order valence-corrected chi connectivity index (χ2v) is 8.29. The molecule has 0 radical (unpaired) electrons. The number of hydrogen-bond donors (Lipinski definition) is 0. The van der Waals surface area contributed by atoms with Gasteiger partial charge in [-0.3, -0.25) is 14.2 Å². The Bertz CT molecular complexity index is 1380. The van der Waals surface area contributed by atoms with E-state index >= 15 is 0 Å². The summed E-state index contributed by atoms with van der Waals surface area (Å²) < 4.78 is 15.1. The highest BCUT2D eigenvalue weighted by Gasteiger charge is 2.27. The highest BCUT2D eigenvalue weighted by molar-refractivity contribution is 5.94. The zero-order valence-electron chi connectivity index (χ0n) is 19.7. The van der Waals surface area contributed by atoms with E-state index in [9.17, 15) is 14.0 Å². The van der Waals surface area contributed by atoms with Crippen LogP contribution in [0.3, 0.4) is 0 Å². The van der Waals surface area contributed by atoms with Crippen molar-refractivity contribution >= 4 is 16.8 Å². The van der Waals surface area contributed by atoms with E-state index in [2.05, 4.69) is 0 Å². The Morgan fingerprint density at radius 2 is 1.68 bits per heavy atom. The third kappa shape index (κ3) is 4.36. The fraction of sp³-hybridized carbons (Fsp3) is 0.250. The van der Waals surface area contributed by atoms with Gasteiger partial charge in [0.05, 0.1) is 22.6 Å². The summed E-state index contributed by atoms with van der Waals surface area (Å²) in [5, 5.41) is 0.524. The fourth-order valence-corrected chi connectivity index (χ4v) is 4.30. The Hall–Kier alpha value is -3.80. The van der Waals surface area contributed by atoms with Crippen molar-refractivity contribution in [2.24, 2.45) is 0 Å². The molecule has 0 fully saturated rings. The Balaban J connectivity index is 1.93. The van der Waals surface area contributed by atoms with Crippen molar-refractivity contribution in [2.45, 2.75) is 39.7 Å². The average Bonchev–Trinajstić information content (AvgIpc) is 2.87. The van der Waals surface area contributed by atoms with Crippen LogP contribution in [0.1, 0.15) is 55.0 Å². The van der Waals surface area contributed by atoms with E-state index in [0.29, 0.717) is 28.8 Å². The quantitative estimate of drug-likeness (QED) is 0.358. The Morgan fingerprint density at radius 3 is 2.38 bits per heavy atom. The number of aromatic nitrogens is 2. The zero-order chi connectivity index (χ0) is 24.2. The van der Waals surface area contributed by atoms with Crippen molar-refractivity contribution in [3.8, 4) is 5.69 Å².